The summed E-state index contributed by atoms with van der Waals surface area (Å²) < 4.78 is 12.7. The van der Waals surface area contributed by atoms with Gasteiger partial charge in [-0.05, 0) is 31.1 Å². The summed E-state index contributed by atoms with van der Waals surface area (Å²) in [6, 6.07) is -0.680. The smallest absolute Gasteiger partial charge is 0.323 e. The lowest BCUT2D eigenvalue weighted by Crippen LogP contribution is -2.37. The molecule has 0 radical (unpaired) electrons. The van der Waals surface area contributed by atoms with E-state index in [1.165, 1.54) is 77.0 Å². The van der Waals surface area contributed by atoms with Crippen LogP contribution in [0.3, 0.4) is 0 Å². The molecule has 11 heteroatoms. The van der Waals surface area contributed by atoms with Crippen LogP contribution < -0.4 is 17.0 Å². The van der Waals surface area contributed by atoms with E-state index in [0.717, 1.165) is 19.3 Å². The zero-order chi connectivity index (χ0) is 32.9. The van der Waals surface area contributed by atoms with Crippen LogP contribution in [-0.2, 0) is 25.6 Å². The lowest BCUT2D eigenvalue weighted by Gasteiger charge is -2.19. The van der Waals surface area contributed by atoms with E-state index >= 15 is 0 Å². The Morgan fingerprint density at radius 1 is 0.867 bits per heavy atom. The van der Waals surface area contributed by atoms with Gasteiger partial charge in [-0.1, -0.05) is 111 Å². The molecule has 11 nitrogen and oxygen atoms in total. The Bertz CT molecular complexity index is 1160. The van der Waals surface area contributed by atoms with Crippen LogP contribution in [0.25, 0.3) is 11.2 Å². The molecule has 45 heavy (non-hydrogen) atoms. The van der Waals surface area contributed by atoms with Gasteiger partial charge in [0.1, 0.15) is 6.04 Å². The fourth-order valence-electron chi connectivity index (χ4n) is 5.46. The number of aromatic amines is 1. The number of carbonyl (C=O) groups is 2. The van der Waals surface area contributed by atoms with Crippen molar-refractivity contribution in [1.82, 2.24) is 19.5 Å². The van der Waals surface area contributed by atoms with Gasteiger partial charge in [-0.2, -0.15) is 4.98 Å². The Hall–Kier alpha value is -2.95. The molecule has 0 bridgehead atoms. The summed E-state index contributed by atoms with van der Waals surface area (Å²) in [5.41, 5.74) is 11.8. The Balaban J connectivity index is 1.66. The van der Waals surface area contributed by atoms with E-state index in [1.807, 2.05) is 13.8 Å². The number of H-pyrrole nitrogens is 1. The van der Waals surface area contributed by atoms with Crippen LogP contribution in [0, 0.1) is 11.8 Å². The minimum atomic E-state index is -0.680. The van der Waals surface area contributed by atoms with E-state index in [1.54, 1.807) is 10.9 Å². The summed E-state index contributed by atoms with van der Waals surface area (Å²) in [4.78, 5) is 47.7. The molecule has 0 spiro atoms. The first kappa shape index (κ1) is 38.2. The van der Waals surface area contributed by atoms with E-state index < -0.39 is 17.6 Å². The summed E-state index contributed by atoms with van der Waals surface area (Å²) >= 11 is 0. The van der Waals surface area contributed by atoms with E-state index in [2.05, 4.69) is 21.9 Å². The number of ether oxygens (including phenoxy) is 2. The highest BCUT2D eigenvalue weighted by molar-refractivity contribution is 5.75. The maximum absolute atomic E-state index is 12.4. The summed E-state index contributed by atoms with van der Waals surface area (Å²) in [5.74, 6) is -0.676. The molecule has 5 N–H and O–H groups in total. The number of hydrogen-bond donors (Lipinski definition) is 3. The van der Waals surface area contributed by atoms with Crippen LogP contribution in [0.1, 0.15) is 136 Å². The number of anilines is 1. The quantitative estimate of drug-likeness (QED) is 0.0781. The average Bonchev–Trinajstić information content (AvgIpc) is 3.40. The molecule has 0 aliphatic heterocycles. The van der Waals surface area contributed by atoms with Crippen molar-refractivity contribution in [2.75, 3.05) is 18.9 Å². The molecule has 0 unspecified atom stereocenters. The highest BCUT2D eigenvalue weighted by atomic mass is 16.5. The predicted molar refractivity (Wildman–Crippen MR) is 180 cm³/mol. The number of nitrogen functional groups attached to an aromatic ring is 1. The number of nitrogens with zero attached hydrogens (tertiary/aromatic N) is 3. The lowest BCUT2D eigenvalue weighted by atomic mass is 10.0. The number of nitrogens with two attached hydrogens (primary N) is 2. The molecule has 256 valence electrons. The topological polar surface area (TPSA) is 168 Å². The van der Waals surface area contributed by atoms with Gasteiger partial charge in [-0.3, -0.25) is 19.4 Å². The zero-order valence-corrected chi connectivity index (χ0v) is 28.2. The van der Waals surface area contributed by atoms with Crippen molar-refractivity contribution in [3.63, 3.8) is 0 Å². The minimum Gasteiger partial charge on any atom is -0.466 e. The molecule has 0 aliphatic rings. The first-order valence-corrected chi connectivity index (χ1v) is 17.5. The fourth-order valence-corrected chi connectivity index (χ4v) is 5.46. The van der Waals surface area contributed by atoms with Gasteiger partial charge in [-0.15, -0.1) is 0 Å². The SMILES string of the molecule is CCCCCCCCCCCCCCCCCC(=O)OCC[C@H](CCOC(=O)[C@@H](N)C(C)C)Cn1cnc2c(=O)[nH]c(N)nc21. The molecule has 2 atom stereocenters. The Morgan fingerprint density at radius 2 is 1.40 bits per heavy atom. The number of hydrogen-bond acceptors (Lipinski definition) is 9. The molecular weight excluding hydrogens is 572 g/mol. The number of esters is 2. The van der Waals surface area contributed by atoms with Crippen LogP contribution in [0.15, 0.2) is 11.1 Å². The third-order valence-electron chi connectivity index (χ3n) is 8.48. The summed E-state index contributed by atoms with van der Waals surface area (Å²) in [6.45, 7) is 6.88. The highest BCUT2D eigenvalue weighted by Gasteiger charge is 2.20. The van der Waals surface area contributed by atoms with Crippen molar-refractivity contribution in [2.45, 2.75) is 149 Å². The highest BCUT2D eigenvalue weighted by Crippen LogP contribution is 2.18. The maximum Gasteiger partial charge on any atom is 0.323 e. The molecular formula is C34H60N6O5. The van der Waals surface area contributed by atoms with Gasteiger partial charge in [0.25, 0.3) is 5.56 Å². The van der Waals surface area contributed by atoms with Gasteiger partial charge in [0, 0.05) is 13.0 Å². The molecule has 0 aliphatic carbocycles. The number of nitrogens with one attached hydrogen (secondary N) is 1. The zero-order valence-electron chi connectivity index (χ0n) is 28.2. The largest absolute Gasteiger partial charge is 0.466 e. The number of unbranched alkanes of at least 4 members (excludes halogenated alkanes) is 14. The maximum atomic E-state index is 12.4. The van der Waals surface area contributed by atoms with E-state index in [4.69, 9.17) is 20.9 Å². The Labute approximate surface area is 269 Å². The van der Waals surface area contributed by atoms with Crippen LogP contribution in [0.4, 0.5) is 5.95 Å². The first-order chi connectivity index (χ1) is 21.7. The van der Waals surface area contributed by atoms with Gasteiger partial charge in [0.2, 0.25) is 5.95 Å². The molecule has 0 amide bonds. The Kier molecular flexibility index (Phi) is 19.1. The number of fused-ring (bicyclic) bond motifs is 1. The monoisotopic (exact) mass is 632 g/mol. The lowest BCUT2D eigenvalue weighted by molar-refractivity contribution is -0.146. The van der Waals surface area contributed by atoms with Crippen LogP contribution in [-0.4, -0.2) is 50.7 Å². The Morgan fingerprint density at radius 3 is 1.96 bits per heavy atom. The van der Waals surface area contributed by atoms with Gasteiger partial charge in [0.05, 0.1) is 19.5 Å². The third-order valence-corrected chi connectivity index (χ3v) is 8.48. The van der Waals surface area contributed by atoms with Gasteiger partial charge >= 0.3 is 11.9 Å². The fraction of sp³-hybridized carbons (Fsp3) is 0.794. The van der Waals surface area contributed by atoms with Crippen LogP contribution in [0.5, 0.6) is 0 Å². The van der Waals surface area contributed by atoms with E-state index in [-0.39, 0.29) is 42.5 Å². The number of aromatic nitrogens is 4. The first-order valence-electron chi connectivity index (χ1n) is 17.5. The van der Waals surface area contributed by atoms with E-state index in [0.29, 0.717) is 31.5 Å². The van der Waals surface area contributed by atoms with Crippen molar-refractivity contribution >= 4 is 29.1 Å². The second kappa shape index (κ2) is 22.5. The molecule has 0 fully saturated rings. The van der Waals surface area contributed by atoms with Crippen LogP contribution in [0.2, 0.25) is 0 Å². The molecule has 0 saturated carbocycles. The van der Waals surface area contributed by atoms with Crippen molar-refractivity contribution in [3.05, 3.63) is 16.7 Å². The summed E-state index contributed by atoms with van der Waals surface area (Å²) in [5, 5.41) is 0. The van der Waals surface area contributed by atoms with Crippen molar-refractivity contribution in [2.24, 2.45) is 17.6 Å². The third kappa shape index (κ3) is 15.7. The van der Waals surface area contributed by atoms with E-state index in [9.17, 15) is 14.4 Å². The predicted octanol–water partition coefficient (Wildman–Crippen LogP) is 6.43. The molecule has 2 aromatic heterocycles. The molecule has 2 aromatic rings. The van der Waals surface area contributed by atoms with Gasteiger partial charge < -0.3 is 25.5 Å². The molecule has 0 aromatic carbocycles. The number of rotatable bonds is 26. The second-order valence-corrected chi connectivity index (χ2v) is 12.8. The molecule has 0 saturated heterocycles. The van der Waals surface area contributed by atoms with Gasteiger partial charge in [0.15, 0.2) is 11.2 Å². The van der Waals surface area contributed by atoms with Crippen molar-refractivity contribution in [1.29, 1.82) is 0 Å². The number of imidazole rings is 1. The molecule has 2 rings (SSSR count). The van der Waals surface area contributed by atoms with Gasteiger partial charge in [-0.25, -0.2) is 4.98 Å². The average molecular weight is 633 g/mol. The molecule has 2 heterocycles. The van der Waals surface area contributed by atoms with Crippen molar-refractivity contribution < 1.29 is 19.1 Å². The summed E-state index contributed by atoms with van der Waals surface area (Å²) in [7, 11) is 0. The second-order valence-electron chi connectivity index (χ2n) is 12.8. The summed E-state index contributed by atoms with van der Waals surface area (Å²) in [6.07, 6.45) is 22.3. The normalized spacial score (nSPS) is 12.9. The number of carbonyl (C=O) groups excluding carboxylic acids is 2. The minimum absolute atomic E-state index is 0.00938. The van der Waals surface area contributed by atoms with Crippen LogP contribution >= 0.6 is 0 Å². The van der Waals surface area contributed by atoms with Crippen molar-refractivity contribution in [3.8, 4) is 0 Å². The standard InChI is InChI=1S/C34H60N6O5/c1-4-5-6-7-8-9-10-11-12-13-14-15-16-17-18-19-28(41)44-22-20-27(21-23-45-33(43)29(35)26(2)3)24-40-25-37-30-31(40)38-34(36)39-32(30)42/h25-27,29H,4-24,35H2,1-3H3,(H3,36,38,39,42)/t27-,29+/m1/s1.